The molecule has 1 aromatic carbocycles. The number of hydrogen-bond donors (Lipinski definition) is 0. The van der Waals surface area contributed by atoms with E-state index < -0.39 is 39.9 Å². The van der Waals surface area contributed by atoms with E-state index in [2.05, 4.69) is 0 Å². The van der Waals surface area contributed by atoms with E-state index in [9.17, 15) is 19.2 Å². The SMILES string of the molecule is CC1(C)C(=O)C(C(=O)Cc2ccc(Cl)cc2)C(=O)C(C)(C)C1=O. The largest absolute Gasteiger partial charge is 0.298 e. The first-order valence-corrected chi connectivity index (χ1v) is 7.78. The maximum atomic E-state index is 12.6. The minimum absolute atomic E-state index is 0.0420. The van der Waals surface area contributed by atoms with E-state index in [1.807, 2.05) is 0 Å². The lowest BCUT2D eigenvalue weighted by molar-refractivity contribution is -0.161. The van der Waals surface area contributed by atoms with Crippen LogP contribution in [0.5, 0.6) is 0 Å². The first-order chi connectivity index (χ1) is 10.5. The van der Waals surface area contributed by atoms with Crippen LogP contribution in [0.4, 0.5) is 0 Å². The summed E-state index contributed by atoms with van der Waals surface area (Å²) in [4.78, 5) is 50.1. The average molecular weight is 335 g/mol. The lowest BCUT2D eigenvalue weighted by Gasteiger charge is -2.39. The summed E-state index contributed by atoms with van der Waals surface area (Å²) >= 11 is 5.80. The summed E-state index contributed by atoms with van der Waals surface area (Å²) in [5.74, 6) is -3.50. The van der Waals surface area contributed by atoms with E-state index in [0.717, 1.165) is 0 Å². The number of ketones is 4. The molecule has 0 atom stereocenters. The molecule has 0 heterocycles. The Morgan fingerprint density at radius 2 is 1.39 bits per heavy atom. The van der Waals surface area contributed by atoms with Crippen LogP contribution in [0.15, 0.2) is 24.3 Å². The fourth-order valence-corrected chi connectivity index (χ4v) is 3.17. The minimum Gasteiger partial charge on any atom is -0.298 e. The molecule has 1 fully saturated rings. The third-order valence-corrected chi connectivity index (χ3v) is 4.76. The maximum absolute atomic E-state index is 12.6. The molecule has 0 N–H and O–H groups in total. The second-order valence-corrected chi connectivity index (χ2v) is 7.45. The molecule has 0 bridgehead atoms. The first-order valence-electron chi connectivity index (χ1n) is 7.40. The molecule has 1 aromatic rings. The topological polar surface area (TPSA) is 68.3 Å². The van der Waals surface area contributed by atoms with Gasteiger partial charge in [0.15, 0.2) is 23.1 Å². The summed E-state index contributed by atoms with van der Waals surface area (Å²) in [6, 6.07) is 6.65. The maximum Gasteiger partial charge on any atom is 0.163 e. The summed E-state index contributed by atoms with van der Waals surface area (Å²) in [5, 5.41) is 0.541. The van der Waals surface area contributed by atoms with Crippen LogP contribution in [-0.2, 0) is 25.6 Å². The zero-order valence-corrected chi connectivity index (χ0v) is 14.4. The Morgan fingerprint density at radius 3 is 1.83 bits per heavy atom. The summed E-state index contributed by atoms with van der Waals surface area (Å²) < 4.78 is 0. The van der Waals surface area contributed by atoms with Crippen LogP contribution in [0.2, 0.25) is 5.02 Å². The van der Waals surface area contributed by atoms with Gasteiger partial charge in [-0.3, -0.25) is 19.2 Å². The molecule has 5 heteroatoms. The van der Waals surface area contributed by atoms with E-state index in [0.29, 0.717) is 10.6 Å². The number of Topliss-reactive ketones (excluding diaryl/α,β-unsaturated/α-hetero) is 4. The highest BCUT2D eigenvalue weighted by Gasteiger charge is 2.59. The number of benzene rings is 1. The Labute approximate surface area is 140 Å². The highest BCUT2D eigenvalue weighted by atomic mass is 35.5. The molecule has 2 rings (SSSR count). The minimum atomic E-state index is -1.38. The van der Waals surface area contributed by atoms with Gasteiger partial charge in [-0.15, -0.1) is 0 Å². The van der Waals surface area contributed by atoms with Crippen molar-refractivity contribution in [3.63, 3.8) is 0 Å². The Balaban J connectivity index is 2.34. The predicted molar refractivity (Wildman–Crippen MR) is 86.2 cm³/mol. The fourth-order valence-electron chi connectivity index (χ4n) is 3.04. The van der Waals surface area contributed by atoms with Gasteiger partial charge < -0.3 is 0 Å². The molecule has 0 radical (unpaired) electrons. The number of rotatable bonds is 3. The molecule has 23 heavy (non-hydrogen) atoms. The van der Waals surface area contributed by atoms with Gasteiger partial charge in [-0.25, -0.2) is 0 Å². The fraction of sp³-hybridized carbons (Fsp3) is 0.444. The van der Waals surface area contributed by atoms with Crippen molar-refractivity contribution < 1.29 is 19.2 Å². The molecule has 0 aromatic heterocycles. The van der Waals surface area contributed by atoms with Gasteiger partial charge in [-0.2, -0.15) is 0 Å². The van der Waals surface area contributed by atoms with E-state index in [-0.39, 0.29) is 6.42 Å². The van der Waals surface area contributed by atoms with Crippen molar-refractivity contribution in [3.05, 3.63) is 34.9 Å². The smallest absolute Gasteiger partial charge is 0.163 e. The van der Waals surface area contributed by atoms with Crippen LogP contribution >= 0.6 is 11.6 Å². The number of halogens is 1. The van der Waals surface area contributed by atoms with Crippen LogP contribution in [0, 0.1) is 16.7 Å². The third-order valence-electron chi connectivity index (χ3n) is 4.51. The van der Waals surface area contributed by atoms with E-state index >= 15 is 0 Å². The van der Waals surface area contributed by atoms with Crippen molar-refractivity contribution in [2.75, 3.05) is 0 Å². The van der Waals surface area contributed by atoms with E-state index in [4.69, 9.17) is 11.6 Å². The van der Waals surface area contributed by atoms with Crippen molar-refractivity contribution in [3.8, 4) is 0 Å². The highest BCUT2D eigenvalue weighted by Crippen LogP contribution is 2.41. The second-order valence-electron chi connectivity index (χ2n) is 7.01. The van der Waals surface area contributed by atoms with Gasteiger partial charge >= 0.3 is 0 Å². The monoisotopic (exact) mass is 334 g/mol. The van der Waals surface area contributed by atoms with E-state index in [1.165, 1.54) is 27.7 Å². The number of hydrogen-bond acceptors (Lipinski definition) is 4. The Bertz CT molecular complexity index is 668. The lowest BCUT2D eigenvalue weighted by atomic mass is 9.58. The van der Waals surface area contributed by atoms with Crippen LogP contribution in [0.3, 0.4) is 0 Å². The van der Waals surface area contributed by atoms with Crippen LogP contribution in [0.25, 0.3) is 0 Å². The van der Waals surface area contributed by atoms with Crippen LogP contribution in [0.1, 0.15) is 33.3 Å². The van der Waals surface area contributed by atoms with Crippen LogP contribution in [-0.4, -0.2) is 23.1 Å². The summed E-state index contributed by atoms with van der Waals surface area (Å²) in [5.41, 5.74) is -2.00. The van der Waals surface area contributed by atoms with Gasteiger partial charge in [-0.1, -0.05) is 23.7 Å². The molecule has 1 aliphatic carbocycles. The second kappa shape index (κ2) is 5.68. The molecule has 0 unspecified atom stereocenters. The molecule has 122 valence electrons. The summed E-state index contributed by atoms with van der Waals surface area (Å²) in [7, 11) is 0. The summed E-state index contributed by atoms with van der Waals surface area (Å²) in [6.07, 6.45) is -0.0420. The van der Waals surface area contributed by atoms with Gasteiger partial charge in [-0.05, 0) is 45.4 Å². The Hall–Kier alpha value is -1.81. The van der Waals surface area contributed by atoms with Gasteiger partial charge in [0.2, 0.25) is 0 Å². The van der Waals surface area contributed by atoms with Crippen molar-refractivity contribution >= 4 is 34.7 Å². The number of carbonyl (C=O) groups excluding carboxylic acids is 4. The summed E-state index contributed by atoms with van der Waals surface area (Å²) in [6.45, 7) is 5.92. The van der Waals surface area contributed by atoms with Crippen molar-refractivity contribution in [2.45, 2.75) is 34.1 Å². The zero-order chi connectivity index (χ0) is 17.6. The van der Waals surface area contributed by atoms with Gasteiger partial charge in [0, 0.05) is 11.4 Å². The average Bonchev–Trinajstić information content (AvgIpc) is 2.47. The molecule has 0 saturated heterocycles. The van der Waals surface area contributed by atoms with Crippen LogP contribution < -0.4 is 0 Å². The predicted octanol–water partition coefficient (Wildman–Crippen LogP) is 2.84. The molecular weight excluding hydrogens is 316 g/mol. The van der Waals surface area contributed by atoms with Gasteiger partial charge in [0.05, 0.1) is 10.8 Å². The molecule has 1 saturated carbocycles. The molecule has 4 nitrogen and oxygen atoms in total. The third kappa shape index (κ3) is 2.88. The number of carbonyl (C=O) groups is 4. The van der Waals surface area contributed by atoms with Crippen molar-refractivity contribution in [2.24, 2.45) is 16.7 Å². The lowest BCUT2D eigenvalue weighted by Crippen LogP contribution is -2.59. The first kappa shape index (κ1) is 17.5. The standard InChI is InChI=1S/C18H19ClO4/c1-17(2)14(21)13(15(22)18(3,4)16(17)23)12(20)9-10-5-7-11(19)8-6-10/h5-8,13H,9H2,1-4H3. The van der Waals surface area contributed by atoms with Crippen molar-refractivity contribution in [1.82, 2.24) is 0 Å². The normalized spacial score (nSPS) is 20.7. The van der Waals surface area contributed by atoms with E-state index in [1.54, 1.807) is 24.3 Å². The molecular formula is C18H19ClO4. The Kier molecular flexibility index (Phi) is 4.33. The van der Waals surface area contributed by atoms with Crippen molar-refractivity contribution in [1.29, 1.82) is 0 Å². The quantitative estimate of drug-likeness (QED) is 0.797. The highest BCUT2D eigenvalue weighted by molar-refractivity contribution is 6.35. The molecule has 0 spiro atoms. The van der Waals surface area contributed by atoms with Gasteiger partial charge in [0.25, 0.3) is 0 Å². The Morgan fingerprint density at radius 1 is 0.957 bits per heavy atom. The molecule has 1 aliphatic rings. The van der Waals surface area contributed by atoms with Gasteiger partial charge in [0.1, 0.15) is 5.92 Å². The zero-order valence-electron chi connectivity index (χ0n) is 13.6. The molecule has 0 amide bonds. The molecule has 0 aliphatic heterocycles.